The molecule has 0 unspecified atom stereocenters. The fourth-order valence-electron chi connectivity index (χ4n) is 3.97. The second-order valence-corrected chi connectivity index (χ2v) is 8.39. The lowest BCUT2D eigenvalue weighted by molar-refractivity contribution is 0.842. The van der Waals surface area contributed by atoms with E-state index in [-0.39, 0.29) is 0 Å². The van der Waals surface area contributed by atoms with Gasteiger partial charge in [0.1, 0.15) is 0 Å². The van der Waals surface area contributed by atoms with Gasteiger partial charge in [-0.1, -0.05) is 72.9 Å². The molecule has 1 aromatic rings. The minimum Gasteiger partial charge on any atom is -0.0885 e. The highest BCUT2D eigenvalue weighted by Crippen LogP contribution is 2.24. The second-order valence-electron chi connectivity index (χ2n) is 8.39. The largest absolute Gasteiger partial charge is 0.0885 e. The number of rotatable bonds is 0. The first kappa shape index (κ1) is 22.3. The number of allylic oxidation sites excluding steroid dienone is 8. The number of fused-ring (bicyclic) bond motifs is 16. The van der Waals surface area contributed by atoms with Gasteiger partial charge in [-0.3, -0.25) is 0 Å². The van der Waals surface area contributed by atoms with Crippen molar-refractivity contribution in [3.8, 4) is 0 Å². The molecule has 0 heterocycles. The van der Waals surface area contributed by atoms with Crippen LogP contribution in [-0.2, 0) is 0 Å². The SMILES string of the molecule is C1=Cc2cc3c(cc2C=CCCC/C=C\CCC/C=C\3)/C=C\CCC/C=C\CCC1. The zero-order chi connectivity index (χ0) is 20.7. The average Bonchev–Trinajstić information content (AvgIpc) is 2.74. The topological polar surface area (TPSA) is 0 Å². The van der Waals surface area contributed by atoms with E-state index in [1.54, 1.807) is 0 Å². The Kier molecular flexibility index (Phi) is 10.3. The highest BCUT2D eigenvalue weighted by molar-refractivity contribution is 5.75. The maximum absolute atomic E-state index is 2.39. The average molecular weight is 399 g/mol. The smallest absolute Gasteiger partial charge is 0.0181 e. The Balaban J connectivity index is 1.95. The lowest BCUT2D eigenvalue weighted by atomic mass is 9.95. The molecule has 0 saturated carbocycles. The first-order valence-electron chi connectivity index (χ1n) is 12.1. The molecule has 30 heavy (non-hydrogen) atoms. The molecule has 0 aliphatic heterocycles. The Hall–Kier alpha value is -2.34. The molecule has 0 aromatic heterocycles. The normalized spacial score (nSPS) is 23.2. The molecule has 0 fully saturated rings. The van der Waals surface area contributed by atoms with E-state index in [2.05, 4.69) is 85.0 Å². The summed E-state index contributed by atoms with van der Waals surface area (Å²) in [7, 11) is 0. The predicted octanol–water partition coefficient (Wildman–Crippen LogP) is 9.56. The van der Waals surface area contributed by atoms with Crippen LogP contribution in [0.2, 0.25) is 0 Å². The third-order valence-corrected chi connectivity index (χ3v) is 5.78. The molecule has 4 aliphatic carbocycles. The van der Waals surface area contributed by atoms with Crippen LogP contribution in [0.3, 0.4) is 0 Å². The molecule has 4 aliphatic rings. The van der Waals surface area contributed by atoms with E-state index in [9.17, 15) is 0 Å². The summed E-state index contributed by atoms with van der Waals surface area (Å²) in [5, 5.41) is 0. The van der Waals surface area contributed by atoms with E-state index in [1.807, 2.05) is 0 Å². The molecule has 0 atom stereocenters. The summed E-state index contributed by atoms with van der Waals surface area (Å²) in [6, 6.07) is 4.79. The summed E-state index contributed by atoms with van der Waals surface area (Å²) in [6.07, 6.45) is 42.5. The van der Waals surface area contributed by atoms with Gasteiger partial charge in [0.2, 0.25) is 0 Å². The molecule has 0 amide bonds. The van der Waals surface area contributed by atoms with Crippen molar-refractivity contribution >= 4 is 24.3 Å². The number of hydrogen-bond donors (Lipinski definition) is 0. The Morgan fingerprint density at radius 2 is 0.533 bits per heavy atom. The van der Waals surface area contributed by atoms with Crippen molar-refractivity contribution in [1.82, 2.24) is 0 Å². The molecule has 0 radical (unpaired) electrons. The molecule has 158 valence electrons. The van der Waals surface area contributed by atoms with Crippen LogP contribution in [0.5, 0.6) is 0 Å². The third kappa shape index (κ3) is 8.19. The Bertz CT molecular complexity index is 678. The van der Waals surface area contributed by atoms with Crippen molar-refractivity contribution in [1.29, 1.82) is 0 Å². The summed E-state index contributed by atoms with van der Waals surface area (Å²) in [6.45, 7) is 0. The highest BCUT2D eigenvalue weighted by Gasteiger charge is 2.04. The number of hydrogen-bond acceptors (Lipinski definition) is 0. The summed E-state index contributed by atoms with van der Waals surface area (Å²) >= 11 is 0. The van der Waals surface area contributed by atoms with Crippen LogP contribution in [0.1, 0.15) is 99.3 Å². The van der Waals surface area contributed by atoms with Crippen molar-refractivity contribution < 1.29 is 0 Å². The van der Waals surface area contributed by atoms with Crippen LogP contribution in [0, 0.1) is 0 Å². The van der Waals surface area contributed by atoms with E-state index in [0.29, 0.717) is 0 Å². The summed E-state index contributed by atoms with van der Waals surface area (Å²) in [5.41, 5.74) is 5.38. The Labute approximate surface area is 184 Å². The standard InChI is InChI=1S/C30H38/c1-2-6-10-14-18-22-28-26-29-23-19-15-11-7-3-4-8-12-16-20-24-30(28)25-27(29)21-17-13-9-5-1/h1-4,17-26H,5-16H2/b2-1-,4-3-,21-17-,22-18?,23-19-,24-20?. The summed E-state index contributed by atoms with van der Waals surface area (Å²) < 4.78 is 0. The second kappa shape index (κ2) is 13.8. The predicted molar refractivity (Wildman–Crippen MR) is 136 cm³/mol. The first-order chi connectivity index (χ1) is 14.9. The van der Waals surface area contributed by atoms with Crippen LogP contribution in [0.15, 0.2) is 60.7 Å². The van der Waals surface area contributed by atoms with Crippen molar-refractivity contribution in [2.24, 2.45) is 0 Å². The van der Waals surface area contributed by atoms with Gasteiger partial charge >= 0.3 is 0 Å². The molecule has 4 bridgehead atoms. The highest BCUT2D eigenvalue weighted by atomic mass is 14.1. The van der Waals surface area contributed by atoms with Crippen molar-refractivity contribution in [2.75, 3.05) is 0 Å². The van der Waals surface area contributed by atoms with Gasteiger partial charge in [-0.15, -0.1) is 0 Å². The molecule has 0 saturated heterocycles. The van der Waals surface area contributed by atoms with Crippen LogP contribution >= 0.6 is 0 Å². The Morgan fingerprint density at radius 3 is 0.800 bits per heavy atom. The van der Waals surface area contributed by atoms with Crippen LogP contribution < -0.4 is 0 Å². The van der Waals surface area contributed by atoms with E-state index in [1.165, 1.54) is 73.6 Å². The van der Waals surface area contributed by atoms with Crippen molar-refractivity contribution in [3.05, 3.63) is 83.0 Å². The fraction of sp³-hybridized carbons (Fsp3) is 0.400. The van der Waals surface area contributed by atoms with Crippen LogP contribution in [-0.4, -0.2) is 0 Å². The molecular formula is C30H38. The lowest BCUT2D eigenvalue weighted by Gasteiger charge is -2.10. The molecule has 1 aromatic carbocycles. The van der Waals surface area contributed by atoms with Gasteiger partial charge in [0.25, 0.3) is 0 Å². The lowest BCUT2D eigenvalue weighted by Crippen LogP contribution is -1.90. The quantitative estimate of drug-likeness (QED) is 0.382. The van der Waals surface area contributed by atoms with E-state index in [0.717, 1.165) is 25.7 Å². The van der Waals surface area contributed by atoms with E-state index in [4.69, 9.17) is 0 Å². The van der Waals surface area contributed by atoms with Gasteiger partial charge in [-0.05, 0) is 111 Å². The van der Waals surface area contributed by atoms with E-state index < -0.39 is 0 Å². The third-order valence-electron chi connectivity index (χ3n) is 5.78. The molecule has 5 rings (SSSR count). The molecule has 0 nitrogen and oxygen atoms in total. The minimum absolute atomic E-state index is 1.15. The van der Waals surface area contributed by atoms with Gasteiger partial charge in [0.05, 0.1) is 0 Å². The van der Waals surface area contributed by atoms with Gasteiger partial charge in [0.15, 0.2) is 0 Å². The zero-order valence-electron chi connectivity index (χ0n) is 18.6. The zero-order valence-corrected chi connectivity index (χ0v) is 18.6. The first-order valence-corrected chi connectivity index (χ1v) is 12.1. The number of benzene rings is 1. The van der Waals surface area contributed by atoms with Crippen molar-refractivity contribution in [3.63, 3.8) is 0 Å². The molecule has 0 N–H and O–H groups in total. The molecule has 0 spiro atoms. The molecular weight excluding hydrogens is 360 g/mol. The summed E-state index contributed by atoms with van der Waals surface area (Å²) in [4.78, 5) is 0. The molecule has 0 heteroatoms. The van der Waals surface area contributed by atoms with Gasteiger partial charge in [-0.2, -0.15) is 0 Å². The monoisotopic (exact) mass is 398 g/mol. The van der Waals surface area contributed by atoms with Crippen LogP contribution in [0.4, 0.5) is 0 Å². The van der Waals surface area contributed by atoms with Crippen molar-refractivity contribution in [2.45, 2.75) is 77.0 Å². The van der Waals surface area contributed by atoms with Gasteiger partial charge in [-0.25, -0.2) is 0 Å². The van der Waals surface area contributed by atoms with E-state index >= 15 is 0 Å². The van der Waals surface area contributed by atoms with Gasteiger partial charge in [0, 0.05) is 0 Å². The van der Waals surface area contributed by atoms with Gasteiger partial charge < -0.3 is 0 Å². The Morgan fingerprint density at radius 1 is 0.300 bits per heavy atom. The minimum atomic E-state index is 1.15. The summed E-state index contributed by atoms with van der Waals surface area (Å²) in [5.74, 6) is 0. The maximum Gasteiger partial charge on any atom is -0.0181 e. The maximum atomic E-state index is 2.39. The fourth-order valence-corrected chi connectivity index (χ4v) is 3.97. The van der Waals surface area contributed by atoms with Crippen LogP contribution in [0.25, 0.3) is 24.3 Å².